The quantitative estimate of drug-likeness (QED) is 0.167. The Morgan fingerprint density at radius 3 is 1.80 bits per heavy atom. The number of hydrogen-bond acceptors (Lipinski definition) is 5. The average Bonchev–Trinajstić information content (AvgIpc) is 4.06. The maximum atomic E-state index is 6.29. The van der Waals surface area contributed by atoms with E-state index in [2.05, 4.69) is 156 Å². The molecule has 0 aliphatic rings. The first-order valence-electron chi connectivity index (χ1n) is 22.1. The van der Waals surface area contributed by atoms with Gasteiger partial charge in [-0.05, 0) is 71.3 Å². The second kappa shape index (κ2) is 15.9. The summed E-state index contributed by atoms with van der Waals surface area (Å²) in [6.45, 7) is 4.00. The summed E-state index contributed by atoms with van der Waals surface area (Å²) >= 11 is 1.85. The molecule has 0 saturated heterocycles. The molecule has 9 aromatic carbocycles. The molecule has 0 saturated carbocycles. The molecule has 0 fully saturated rings. The molecule has 0 atom stereocenters. The lowest BCUT2D eigenvalue weighted by Gasteiger charge is -2.14. The molecule has 308 valence electrons. The van der Waals surface area contributed by atoms with Crippen molar-refractivity contribution in [2.24, 2.45) is 0 Å². The molecule has 0 aliphatic carbocycles. The second-order valence-corrected chi connectivity index (χ2v) is 17.1. The summed E-state index contributed by atoms with van der Waals surface area (Å²) in [6.07, 6.45) is 0. The van der Waals surface area contributed by atoms with Crippen LogP contribution in [0.3, 0.4) is 0 Å². The van der Waals surface area contributed by atoms with Crippen molar-refractivity contribution in [1.29, 1.82) is 0 Å². The molecule has 0 radical (unpaired) electrons. The van der Waals surface area contributed by atoms with E-state index in [0.717, 1.165) is 66.5 Å². The molecule has 0 bridgehead atoms. The van der Waals surface area contributed by atoms with E-state index in [0.29, 0.717) is 17.5 Å². The van der Waals surface area contributed by atoms with Crippen molar-refractivity contribution in [3.8, 4) is 62.1 Å². The fourth-order valence-corrected chi connectivity index (χ4v) is 10.4. The first kappa shape index (κ1) is 38.5. The van der Waals surface area contributed by atoms with Gasteiger partial charge in [0.05, 0.1) is 11.0 Å². The molecule has 4 heterocycles. The zero-order chi connectivity index (χ0) is 43.4. The fraction of sp³-hybridized carbons (Fsp3) is 0.0339. The molecule has 13 aromatic rings. The summed E-state index contributed by atoms with van der Waals surface area (Å²) in [5.41, 5.74) is 12.3. The highest BCUT2D eigenvalue weighted by atomic mass is 32.1. The van der Waals surface area contributed by atoms with E-state index < -0.39 is 0 Å². The molecular formula is C59H40N4OS. The van der Waals surface area contributed by atoms with Crippen molar-refractivity contribution in [2.45, 2.75) is 13.8 Å². The highest BCUT2D eigenvalue weighted by molar-refractivity contribution is 7.25. The Kier molecular flexibility index (Phi) is 9.39. The van der Waals surface area contributed by atoms with Crippen LogP contribution in [0, 0.1) is 0 Å². The van der Waals surface area contributed by atoms with Gasteiger partial charge in [-0.1, -0.05) is 166 Å². The summed E-state index contributed by atoms with van der Waals surface area (Å²) in [5, 5.41) is 7.16. The fourth-order valence-electron chi connectivity index (χ4n) is 9.29. The first-order valence-corrected chi connectivity index (χ1v) is 22.9. The van der Waals surface area contributed by atoms with Crippen LogP contribution < -0.4 is 0 Å². The van der Waals surface area contributed by atoms with Crippen LogP contribution in [0.2, 0.25) is 0 Å². The van der Waals surface area contributed by atoms with E-state index in [-0.39, 0.29) is 0 Å². The molecule has 0 aliphatic heterocycles. The third-order valence-corrected chi connectivity index (χ3v) is 13.4. The molecule has 6 heteroatoms. The summed E-state index contributed by atoms with van der Waals surface area (Å²) in [7, 11) is 0. The molecule has 0 spiro atoms. The van der Waals surface area contributed by atoms with Gasteiger partial charge >= 0.3 is 0 Å². The molecule has 0 unspecified atom stereocenters. The maximum Gasteiger partial charge on any atom is 0.164 e. The number of aromatic nitrogens is 4. The molecule has 13 rings (SSSR count). The number of thiophene rings is 1. The van der Waals surface area contributed by atoms with Crippen molar-refractivity contribution in [1.82, 2.24) is 19.5 Å². The lowest BCUT2D eigenvalue weighted by molar-refractivity contribution is 0.669. The van der Waals surface area contributed by atoms with Gasteiger partial charge in [-0.25, -0.2) is 15.0 Å². The SMILES string of the molecule is CC.c1ccc(-c2nc(-c3cccc(-n4c5ccccc5c5cccc(-c6cccc(-c7ccc8c(c7)sc7ccccc78)c6)c54)c3)nc(-c3ccc4c(c3)oc3ccccc34)n2)cc1. The van der Waals surface area contributed by atoms with Crippen molar-refractivity contribution in [3.63, 3.8) is 0 Å². The van der Waals surface area contributed by atoms with Gasteiger partial charge in [0, 0.05) is 69.7 Å². The van der Waals surface area contributed by atoms with Crippen LogP contribution in [0.25, 0.3) is 126 Å². The highest BCUT2D eigenvalue weighted by Crippen LogP contribution is 2.41. The normalized spacial score (nSPS) is 11.5. The van der Waals surface area contributed by atoms with Gasteiger partial charge in [-0.3, -0.25) is 0 Å². The smallest absolute Gasteiger partial charge is 0.164 e. The van der Waals surface area contributed by atoms with Crippen LogP contribution in [-0.2, 0) is 0 Å². The number of hydrogen-bond donors (Lipinski definition) is 0. The van der Waals surface area contributed by atoms with Crippen LogP contribution in [0.5, 0.6) is 0 Å². The van der Waals surface area contributed by atoms with Gasteiger partial charge in [-0.15, -0.1) is 11.3 Å². The molecule has 4 aromatic heterocycles. The standard InChI is InChI=1S/C57H34N4OS.C2H6/c1-2-13-35(14-3-1)55-58-56(60-57(59-55)40-28-29-45-44-20-5-8-25-50(44)62-51(45)33-40)39-17-11-18-41(32-39)61-49-24-7-4-19-43(49)48-23-12-22-42(54(48)61)38-16-10-15-36(31-38)37-27-30-47-46-21-6-9-26-52(46)63-53(47)34-37;1-2/h1-34H;1-2H3. The zero-order valence-corrected chi connectivity index (χ0v) is 36.6. The molecule has 65 heavy (non-hydrogen) atoms. The summed E-state index contributed by atoms with van der Waals surface area (Å²) in [5.74, 6) is 1.78. The monoisotopic (exact) mass is 852 g/mol. The van der Waals surface area contributed by atoms with Gasteiger partial charge in [0.25, 0.3) is 0 Å². The van der Waals surface area contributed by atoms with Gasteiger partial charge in [0.2, 0.25) is 0 Å². The number of nitrogens with zero attached hydrogens (tertiary/aromatic N) is 4. The van der Waals surface area contributed by atoms with Crippen molar-refractivity contribution in [2.75, 3.05) is 0 Å². The number of furan rings is 1. The second-order valence-electron chi connectivity index (χ2n) is 16.0. The van der Waals surface area contributed by atoms with E-state index in [1.807, 2.05) is 79.8 Å². The number of para-hydroxylation sites is 3. The van der Waals surface area contributed by atoms with Crippen molar-refractivity contribution < 1.29 is 4.42 Å². The topological polar surface area (TPSA) is 56.7 Å². The van der Waals surface area contributed by atoms with Crippen LogP contribution in [-0.4, -0.2) is 19.5 Å². The number of benzene rings is 9. The van der Waals surface area contributed by atoms with E-state index in [4.69, 9.17) is 19.4 Å². The van der Waals surface area contributed by atoms with Crippen molar-refractivity contribution >= 4 is 75.3 Å². The average molecular weight is 853 g/mol. The zero-order valence-electron chi connectivity index (χ0n) is 35.7. The highest BCUT2D eigenvalue weighted by Gasteiger charge is 2.19. The minimum Gasteiger partial charge on any atom is -0.456 e. The Bertz CT molecular complexity index is 3940. The third-order valence-electron chi connectivity index (χ3n) is 12.2. The summed E-state index contributed by atoms with van der Waals surface area (Å²) in [4.78, 5) is 15.3. The number of rotatable bonds is 6. The molecular weight excluding hydrogens is 813 g/mol. The minimum atomic E-state index is 0.581. The third kappa shape index (κ3) is 6.57. The van der Waals surface area contributed by atoms with Crippen molar-refractivity contribution in [3.05, 3.63) is 206 Å². The van der Waals surface area contributed by atoms with E-state index in [1.165, 1.54) is 42.1 Å². The van der Waals surface area contributed by atoms with Crippen LogP contribution in [0.4, 0.5) is 0 Å². The summed E-state index contributed by atoms with van der Waals surface area (Å²) in [6, 6.07) is 72.9. The Labute approximate surface area is 379 Å². The molecule has 0 amide bonds. The van der Waals surface area contributed by atoms with E-state index in [9.17, 15) is 0 Å². The van der Waals surface area contributed by atoms with Crippen LogP contribution in [0.15, 0.2) is 211 Å². The number of fused-ring (bicyclic) bond motifs is 9. The lowest BCUT2D eigenvalue weighted by Crippen LogP contribution is -2.01. The maximum absolute atomic E-state index is 6.29. The largest absolute Gasteiger partial charge is 0.456 e. The van der Waals surface area contributed by atoms with Crippen LogP contribution >= 0.6 is 11.3 Å². The van der Waals surface area contributed by atoms with Gasteiger partial charge < -0.3 is 8.98 Å². The molecule has 5 nitrogen and oxygen atoms in total. The Morgan fingerprint density at radius 2 is 0.938 bits per heavy atom. The minimum absolute atomic E-state index is 0.581. The summed E-state index contributed by atoms with van der Waals surface area (Å²) < 4.78 is 11.3. The van der Waals surface area contributed by atoms with Gasteiger partial charge in [-0.2, -0.15) is 0 Å². The Morgan fingerprint density at radius 1 is 0.369 bits per heavy atom. The lowest BCUT2D eigenvalue weighted by atomic mass is 9.97. The van der Waals surface area contributed by atoms with Crippen LogP contribution in [0.1, 0.15) is 13.8 Å². The van der Waals surface area contributed by atoms with Gasteiger partial charge in [0.15, 0.2) is 17.5 Å². The Balaban J connectivity index is 0.00000219. The van der Waals surface area contributed by atoms with E-state index >= 15 is 0 Å². The predicted octanol–water partition coefficient (Wildman–Crippen LogP) is 16.6. The Hall–Kier alpha value is -8.19. The first-order chi connectivity index (χ1) is 32.2. The molecule has 0 N–H and O–H groups in total. The predicted molar refractivity (Wildman–Crippen MR) is 273 cm³/mol. The van der Waals surface area contributed by atoms with E-state index in [1.54, 1.807) is 0 Å². The van der Waals surface area contributed by atoms with Gasteiger partial charge in [0.1, 0.15) is 11.2 Å².